The Morgan fingerprint density at radius 2 is 2.16 bits per heavy atom. The number of nitrogens with two attached hydrogens (primary N) is 1. The largest absolute Gasteiger partial charge is 0.384 e. The van der Waals surface area contributed by atoms with E-state index in [1.54, 1.807) is 0 Å². The van der Waals surface area contributed by atoms with Gasteiger partial charge in [-0.3, -0.25) is 15.2 Å². The summed E-state index contributed by atoms with van der Waals surface area (Å²) in [6.45, 7) is 0. The summed E-state index contributed by atoms with van der Waals surface area (Å²) in [5.41, 5.74) is 4.83. The van der Waals surface area contributed by atoms with Gasteiger partial charge in [0.15, 0.2) is 5.03 Å². The minimum absolute atomic E-state index is 0.109. The van der Waals surface area contributed by atoms with Crippen LogP contribution in [0.3, 0.4) is 0 Å². The summed E-state index contributed by atoms with van der Waals surface area (Å²) < 4.78 is 39.6. The first kappa shape index (κ1) is 13.0. The van der Waals surface area contributed by atoms with Crippen LogP contribution in [0.4, 0.5) is 10.1 Å². The molecule has 0 aliphatic heterocycles. The van der Waals surface area contributed by atoms with Gasteiger partial charge in [0.1, 0.15) is 11.7 Å². The van der Waals surface area contributed by atoms with Crippen LogP contribution in [-0.4, -0.2) is 24.5 Å². The molecule has 0 unspecified atom stereocenters. The number of nitrogens with one attached hydrogen (secondary N) is 3. The lowest BCUT2D eigenvalue weighted by atomic mass is 10.1. The highest BCUT2D eigenvalue weighted by molar-refractivity contribution is 7.92. The topological polar surface area (TPSA) is 125 Å². The number of nitrogen functional groups attached to an aromatic ring is 1. The molecule has 5 N–H and O–H groups in total. The lowest BCUT2D eigenvalue weighted by Crippen LogP contribution is -2.20. The summed E-state index contributed by atoms with van der Waals surface area (Å²) in [6, 6.07) is 4.96. The number of benzene rings is 1. The van der Waals surface area contributed by atoms with E-state index in [0.717, 1.165) is 6.07 Å². The zero-order valence-corrected chi connectivity index (χ0v) is 10.3. The molecule has 1 heterocycles. The number of anilines is 1. The number of amidine groups is 1. The second kappa shape index (κ2) is 4.69. The number of rotatable bonds is 4. The van der Waals surface area contributed by atoms with Crippen LogP contribution in [0.2, 0.25) is 0 Å². The number of hydrogen-bond donors (Lipinski definition) is 4. The van der Waals surface area contributed by atoms with Crippen LogP contribution in [-0.2, 0) is 10.0 Å². The van der Waals surface area contributed by atoms with Gasteiger partial charge < -0.3 is 5.73 Å². The van der Waals surface area contributed by atoms with Crippen molar-refractivity contribution in [3.05, 3.63) is 41.8 Å². The first-order valence-corrected chi connectivity index (χ1v) is 6.55. The molecule has 100 valence electrons. The van der Waals surface area contributed by atoms with Gasteiger partial charge in [0, 0.05) is 0 Å². The van der Waals surface area contributed by atoms with Gasteiger partial charge in [0.2, 0.25) is 0 Å². The number of aromatic nitrogens is 2. The summed E-state index contributed by atoms with van der Waals surface area (Å²) in [5.74, 6) is -1.35. The first-order valence-electron chi connectivity index (χ1n) is 5.07. The molecule has 9 heteroatoms. The van der Waals surface area contributed by atoms with E-state index in [-0.39, 0.29) is 16.3 Å². The normalized spacial score (nSPS) is 11.2. The van der Waals surface area contributed by atoms with E-state index in [4.69, 9.17) is 11.1 Å². The zero-order chi connectivity index (χ0) is 14.0. The third kappa shape index (κ3) is 2.55. The van der Waals surface area contributed by atoms with Gasteiger partial charge in [0.05, 0.1) is 17.4 Å². The number of sulfonamides is 1. The maximum absolute atomic E-state index is 13.5. The Morgan fingerprint density at radius 3 is 2.74 bits per heavy atom. The molecular weight excluding hydrogens is 273 g/mol. The lowest BCUT2D eigenvalue weighted by Gasteiger charge is -2.11. The smallest absolute Gasteiger partial charge is 0.278 e. The Kier molecular flexibility index (Phi) is 3.21. The van der Waals surface area contributed by atoms with Crippen LogP contribution < -0.4 is 10.5 Å². The second-order valence-corrected chi connectivity index (χ2v) is 5.25. The standard InChI is InChI=1S/C10H10FN5O2S/c11-6-2-1-3-7(9(6)10(12)13)16-19(17,18)8-4-5-14-15-8/h1-5,16H,(H3,12,13)(H,14,15). The molecule has 0 aliphatic carbocycles. The molecule has 0 radical (unpaired) electrons. The summed E-state index contributed by atoms with van der Waals surface area (Å²) >= 11 is 0. The molecule has 7 nitrogen and oxygen atoms in total. The van der Waals surface area contributed by atoms with Gasteiger partial charge in [-0.25, -0.2) is 4.39 Å². The first-order chi connectivity index (χ1) is 8.92. The highest BCUT2D eigenvalue weighted by atomic mass is 32.2. The molecule has 2 rings (SSSR count). The van der Waals surface area contributed by atoms with Crippen LogP contribution in [0.25, 0.3) is 0 Å². The highest BCUT2D eigenvalue weighted by Crippen LogP contribution is 2.21. The molecule has 0 spiro atoms. The van der Waals surface area contributed by atoms with E-state index in [1.165, 1.54) is 24.4 Å². The Balaban J connectivity index is 2.45. The van der Waals surface area contributed by atoms with Crippen LogP contribution in [0.5, 0.6) is 0 Å². The molecule has 0 saturated heterocycles. The van der Waals surface area contributed by atoms with E-state index in [0.29, 0.717) is 0 Å². The average Bonchev–Trinajstić information content (AvgIpc) is 2.81. The predicted molar refractivity (Wildman–Crippen MR) is 66.8 cm³/mol. The SMILES string of the molecule is N=C(N)c1c(F)cccc1NS(=O)(=O)c1ccn[nH]1. The van der Waals surface area contributed by atoms with Crippen LogP contribution in [0.1, 0.15) is 5.56 Å². The Hall–Kier alpha value is -2.42. The number of aromatic amines is 1. The molecule has 0 aliphatic rings. The fourth-order valence-corrected chi connectivity index (χ4v) is 2.46. The van der Waals surface area contributed by atoms with E-state index < -0.39 is 21.7 Å². The number of halogens is 1. The summed E-state index contributed by atoms with van der Waals surface area (Å²) in [6.07, 6.45) is 1.27. The molecule has 0 bridgehead atoms. The van der Waals surface area contributed by atoms with Crippen molar-refractivity contribution in [2.75, 3.05) is 4.72 Å². The van der Waals surface area contributed by atoms with Crippen LogP contribution >= 0.6 is 0 Å². The van der Waals surface area contributed by atoms with Crippen molar-refractivity contribution in [3.8, 4) is 0 Å². The summed E-state index contributed by atoms with van der Waals surface area (Å²) in [4.78, 5) is 0. The number of H-pyrrole nitrogens is 1. The van der Waals surface area contributed by atoms with E-state index >= 15 is 0 Å². The fourth-order valence-electron chi connectivity index (χ4n) is 1.48. The molecular formula is C10H10FN5O2S. The van der Waals surface area contributed by atoms with E-state index in [9.17, 15) is 12.8 Å². The second-order valence-electron chi connectivity index (χ2n) is 3.60. The monoisotopic (exact) mass is 283 g/mol. The summed E-state index contributed by atoms with van der Waals surface area (Å²) in [7, 11) is -3.93. The molecule has 0 saturated carbocycles. The highest BCUT2D eigenvalue weighted by Gasteiger charge is 2.19. The third-order valence-corrected chi connectivity index (χ3v) is 3.59. The zero-order valence-electron chi connectivity index (χ0n) is 9.51. The van der Waals surface area contributed by atoms with Gasteiger partial charge >= 0.3 is 0 Å². The molecule has 19 heavy (non-hydrogen) atoms. The Labute approximate surface area is 108 Å². The van der Waals surface area contributed by atoms with Crippen LogP contribution in [0.15, 0.2) is 35.5 Å². The summed E-state index contributed by atoms with van der Waals surface area (Å²) in [5, 5.41) is 12.9. The Morgan fingerprint density at radius 1 is 1.42 bits per heavy atom. The van der Waals surface area contributed by atoms with Gasteiger partial charge in [-0.15, -0.1) is 0 Å². The molecule has 2 aromatic rings. The van der Waals surface area contributed by atoms with Crippen molar-refractivity contribution in [1.29, 1.82) is 5.41 Å². The minimum atomic E-state index is -3.93. The van der Waals surface area contributed by atoms with Gasteiger partial charge in [0.25, 0.3) is 10.0 Å². The van der Waals surface area contributed by atoms with Crippen molar-refractivity contribution in [3.63, 3.8) is 0 Å². The van der Waals surface area contributed by atoms with Crippen molar-refractivity contribution < 1.29 is 12.8 Å². The average molecular weight is 283 g/mol. The van der Waals surface area contributed by atoms with E-state index in [1.807, 2.05) is 0 Å². The van der Waals surface area contributed by atoms with Gasteiger partial charge in [-0.1, -0.05) is 6.07 Å². The third-order valence-electron chi connectivity index (χ3n) is 2.29. The number of hydrogen-bond acceptors (Lipinski definition) is 4. The lowest BCUT2D eigenvalue weighted by molar-refractivity contribution is 0.597. The fraction of sp³-hybridized carbons (Fsp3) is 0. The van der Waals surface area contributed by atoms with Gasteiger partial charge in [-0.2, -0.15) is 13.5 Å². The maximum Gasteiger partial charge on any atom is 0.278 e. The molecule has 0 atom stereocenters. The van der Waals surface area contributed by atoms with Gasteiger partial charge in [-0.05, 0) is 18.2 Å². The minimum Gasteiger partial charge on any atom is -0.384 e. The molecule has 1 aromatic carbocycles. The molecule has 0 fully saturated rings. The van der Waals surface area contributed by atoms with Crippen molar-refractivity contribution in [2.45, 2.75) is 5.03 Å². The maximum atomic E-state index is 13.5. The quantitative estimate of drug-likeness (QED) is 0.485. The van der Waals surface area contributed by atoms with E-state index in [2.05, 4.69) is 14.9 Å². The molecule has 1 aromatic heterocycles. The van der Waals surface area contributed by atoms with Crippen LogP contribution in [0, 0.1) is 11.2 Å². The molecule has 0 amide bonds. The number of nitrogens with zero attached hydrogens (tertiary/aromatic N) is 1. The Bertz CT molecular complexity index is 712. The van der Waals surface area contributed by atoms with Crippen molar-refractivity contribution in [1.82, 2.24) is 10.2 Å². The predicted octanol–water partition coefficient (Wildman–Crippen LogP) is 0.634. The van der Waals surface area contributed by atoms with Crippen molar-refractivity contribution in [2.24, 2.45) is 5.73 Å². The van der Waals surface area contributed by atoms with Crippen molar-refractivity contribution >= 4 is 21.5 Å².